The van der Waals surface area contributed by atoms with Gasteiger partial charge in [-0.05, 0) is 32.2 Å². The molecule has 0 heterocycles. The molecule has 0 spiro atoms. The summed E-state index contributed by atoms with van der Waals surface area (Å²) < 4.78 is 17.6. The number of esters is 1. The van der Waals surface area contributed by atoms with Gasteiger partial charge in [-0.2, -0.15) is 0 Å². The van der Waals surface area contributed by atoms with Crippen LogP contribution in [0.2, 0.25) is 0 Å². The Balaban J connectivity index is 2.26. The Morgan fingerprint density at radius 1 is 1.62 bits per heavy atom. The maximum absolute atomic E-state index is 13.3. The molecule has 16 heavy (non-hydrogen) atoms. The SMILES string of the molecule is COC(=O)[C@H](F)CN(C)C[C@H]1CC=CCC1. The second-order valence-corrected chi connectivity index (χ2v) is 4.36. The second kappa shape index (κ2) is 6.63. The molecule has 0 bridgehead atoms. The van der Waals surface area contributed by atoms with Crippen LogP contribution in [0.15, 0.2) is 12.2 Å². The molecule has 2 atom stereocenters. The molecule has 0 aromatic carbocycles. The number of nitrogens with zero attached hydrogens (tertiary/aromatic N) is 1. The minimum absolute atomic E-state index is 0.118. The maximum Gasteiger partial charge on any atom is 0.341 e. The summed E-state index contributed by atoms with van der Waals surface area (Å²) in [5.41, 5.74) is 0. The van der Waals surface area contributed by atoms with Crippen molar-refractivity contribution in [1.29, 1.82) is 0 Å². The number of hydrogen-bond acceptors (Lipinski definition) is 3. The first-order valence-corrected chi connectivity index (χ1v) is 5.69. The monoisotopic (exact) mass is 229 g/mol. The van der Waals surface area contributed by atoms with Crippen LogP contribution in [-0.2, 0) is 9.53 Å². The quantitative estimate of drug-likeness (QED) is 0.531. The van der Waals surface area contributed by atoms with Gasteiger partial charge in [0.25, 0.3) is 0 Å². The van der Waals surface area contributed by atoms with Crippen molar-refractivity contribution < 1.29 is 13.9 Å². The van der Waals surface area contributed by atoms with Crippen molar-refractivity contribution in [2.45, 2.75) is 25.4 Å². The number of allylic oxidation sites excluding steroid dienone is 2. The second-order valence-electron chi connectivity index (χ2n) is 4.36. The molecule has 0 aliphatic heterocycles. The van der Waals surface area contributed by atoms with Crippen molar-refractivity contribution in [3.8, 4) is 0 Å². The molecule has 0 fully saturated rings. The van der Waals surface area contributed by atoms with Gasteiger partial charge in [0.2, 0.25) is 6.17 Å². The first-order valence-electron chi connectivity index (χ1n) is 5.69. The van der Waals surface area contributed by atoms with Crippen molar-refractivity contribution in [3.63, 3.8) is 0 Å². The zero-order chi connectivity index (χ0) is 12.0. The van der Waals surface area contributed by atoms with Crippen molar-refractivity contribution in [2.24, 2.45) is 5.92 Å². The first kappa shape index (κ1) is 13.2. The molecule has 0 saturated heterocycles. The predicted octanol–water partition coefficient (Wildman–Crippen LogP) is 1.79. The normalized spacial score (nSPS) is 22.1. The van der Waals surface area contributed by atoms with Crippen molar-refractivity contribution in [2.75, 3.05) is 27.2 Å². The highest BCUT2D eigenvalue weighted by atomic mass is 19.1. The van der Waals surface area contributed by atoms with Crippen LogP contribution in [0.25, 0.3) is 0 Å². The van der Waals surface area contributed by atoms with E-state index in [1.165, 1.54) is 7.11 Å². The fourth-order valence-corrected chi connectivity index (χ4v) is 2.01. The molecule has 0 amide bonds. The Labute approximate surface area is 96.3 Å². The Bertz CT molecular complexity index is 255. The minimum atomic E-state index is -1.53. The summed E-state index contributed by atoms with van der Waals surface area (Å²) in [5, 5.41) is 0. The van der Waals surface area contributed by atoms with Crippen molar-refractivity contribution in [1.82, 2.24) is 4.90 Å². The lowest BCUT2D eigenvalue weighted by atomic mass is 9.94. The molecule has 0 unspecified atom stereocenters. The zero-order valence-electron chi connectivity index (χ0n) is 9.99. The van der Waals surface area contributed by atoms with E-state index in [1.54, 1.807) is 0 Å². The number of carbonyl (C=O) groups is 1. The Morgan fingerprint density at radius 2 is 2.38 bits per heavy atom. The van der Waals surface area contributed by atoms with Crippen molar-refractivity contribution >= 4 is 5.97 Å². The van der Waals surface area contributed by atoms with Gasteiger partial charge >= 0.3 is 5.97 Å². The molecule has 3 nitrogen and oxygen atoms in total. The summed E-state index contributed by atoms with van der Waals surface area (Å²) in [6, 6.07) is 0. The largest absolute Gasteiger partial charge is 0.467 e. The number of carbonyl (C=O) groups excluding carboxylic acids is 1. The molecule has 0 radical (unpaired) electrons. The van der Waals surface area contributed by atoms with Gasteiger partial charge in [-0.25, -0.2) is 9.18 Å². The lowest BCUT2D eigenvalue weighted by Gasteiger charge is -2.25. The third kappa shape index (κ3) is 4.31. The van der Waals surface area contributed by atoms with E-state index >= 15 is 0 Å². The summed E-state index contributed by atoms with van der Waals surface area (Å²) in [7, 11) is 3.05. The van der Waals surface area contributed by atoms with E-state index in [0.29, 0.717) is 5.92 Å². The van der Waals surface area contributed by atoms with E-state index < -0.39 is 12.1 Å². The van der Waals surface area contributed by atoms with Gasteiger partial charge in [0.1, 0.15) is 0 Å². The number of alkyl halides is 1. The van der Waals surface area contributed by atoms with Gasteiger partial charge in [-0.15, -0.1) is 0 Å². The van der Waals surface area contributed by atoms with Crippen LogP contribution in [0, 0.1) is 5.92 Å². The number of methoxy groups -OCH3 is 1. The van der Waals surface area contributed by atoms with Gasteiger partial charge in [0, 0.05) is 13.1 Å². The average Bonchev–Trinajstić information content (AvgIpc) is 2.29. The molecular weight excluding hydrogens is 209 g/mol. The third-order valence-electron chi connectivity index (χ3n) is 2.88. The fourth-order valence-electron chi connectivity index (χ4n) is 2.01. The Morgan fingerprint density at radius 3 is 2.94 bits per heavy atom. The molecule has 0 aromatic rings. The van der Waals surface area contributed by atoms with Crippen LogP contribution in [0.5, 0.6) is 0 Å². The summed E-state index contributed by atoms with van der Waals surface area (Å²) in [6.07, 6.45) is 6.14. The number of rotatable bonds is 5. The van der Waals surface area contributed by atoms with Crippen LogP contribution in [0.1, 0.15) is 19.3 Å². The van der Waals surface area contributed by atoms with E-state index in [2.05, 4.69) is 16.9 Å². The first-order chi connectivity index (χ1) is 7.63. The number of ether oxygens (including phenoxy) is 1. The van der Waals surface area contributed by atoms with Crippen LogP contribution >= 0.6 is 0 Å². The van der Waals surface area contributed by atoms with Gasteiger partial charge in [-0.3, -0.25) is 0 Å². The number of hydrogen-bond donors (Lipinski definition) is 0. The highest BCUT2D eigenvalue weighted by molar-refractivity contribution is 5.74. The molecular formula is C12H20FNO2. The van der Waals surface area contributed by atoms with Crippen LogP contribution in [0.3, 0.4) is 0 Å². The van der Waals surface area contributed by atoms with E-state index in [1.807, 2.05) is 11.9 Å². The van der Waals surface area contributed by atoms with Gasteiger partial charge in [0.15, 0.2) is 0 Å². The van der Waals surface area contributed by atoms with Gasteiger partial charge < -0.3 is 9.64 Å². The Hall–Kier alpha value is -0.900. The van der Waals surface area contributed by atoms with Crippen molar-refractivity contribution in [3.05, 3.63) is 12.2 Å². The van der Waals surface area contributed by atoms with E-state index in [4.69, 9.17) is 0 Å². The average molecular weight is 229 g/mol. The maximum atomic E-state index is 13.3. The zero-order valence-corrected chi connectivity index (χ0v) is 9.99. The Kier molecular flexibility index (Phi) is 5.46. The lowest BCUT2D eigenvalue weighted by molar-refractivity contribution is -0.147. The molecule has 0 saturated carbocycles. The van der Waals surface area contributed by atoms with Crippen LogP contribution < -0.4 is 0 Å². The van der Waals surface area contributed by atoms with Crippen LogP contribution in [0.4, 0.5) is 4.39 Å². The van der Waals surface area contributed by atoms with E-state index in [9.17, 15) is 9.18 Å². The predicted molar refractivity (Wildman–Crippen MR) is 60.9 cm³/mol. The molecule has 1 aliphatic rings. The lowest BCUT2D eigenvalue weighted by Crippen LogP contribution is -2.35. The summed E-state index contributed by atoms with van der Waals surface area (Å²) in [6.45, 7) is 0.953. The highest BCUT2D eigenvalue weighted by Crippen LogP contribution is 2.18. The molecule has 4 heteroatoms. The van der Waals surface area contributed by atoms with Gasteiger partial charge in [-0.1, -0.05) is 12.2 Å². The van der Waals surface area contributed by atoms with E-state index in [-0.39, 0.29) is 6.54 Å². The molecule has 0 aromatic heterocycles. The van der Waals surface area contributed by atoms with E-state index in [0.717, 1.165) is 25.8 Å². The molecule has 92 valence electrons. The minimum Gasteiger partial charge on any atom is -0.467 e. The standard InChI is InChI=1S/C12H20FNO2/c1-14(9-11(13)12(15)16-2)8-10-6-4-3-5-7-10/h3-4,10-11H,5-9H2,1-2H3/t10-,11+/m0/s1. The third-order valence-corrected chi connectivity index (χ3v) is 2.88. The van der Waals surface area contributed by atoms with Gasteiger partial charge in [0.05, 0.1) is 7.11 Å². The fraction of sp³-hybridized carbons (Fsp3) is 0.750. The molecule has 0 N–H and O–H groups in total. The summed E-state index contributed by atoms with van der Waals surface area (Å²) >= 11 is 0. The van der Waals surface area contributed by atoms with Crippen LogP contribution in [-0.4, -0.2) is 44.3 Å². The summed E-state index contributed by atoms with van der Waals surface area (Å²) in [5.74, 6) is -0.199. The highest BCUT2D eigenvalue weighted by Gasteiger charge is 2.21. The number of halogens is 1. The topological polar surface area (TPSA) is 29.5 Å². The molecule has 1 aliphatic carbocycles. The molecule has 1 rings (SSSR count). The smallest absolute Gasteiger partial charge is 0.341 e. The summed E-state index contributed by atoms with van der Waals surface area (Å²) in [4.78, 5) is 12.8.